The van der Waals surface area contributed by atoms with E-state index in [0.29, 0.717) is 0 Å². The van der Waals surface area contributed by atoms with E-state index >= 15 is 0 Å². The predicted octanol–water partition coefficient (Wildman–Crippen LogP) is 13.5. The van der Waals surface area contributed by atoms with Crippen LogP contribution >= 0.6 is 0 Å². The number of aliphatic hydroxyl groups excluding tert-OH is 1. The predicted molar refractivity (Wildman–Crippen MR) is 218 cm³/mol. The zero-order valence-electron chi connectivity index (χ0n) is 32.8. The van der Waals surface area contributed by atoms with Crippen molar-refractivity contribution < 1.29 is 30.0 Å². The Morgan fingerprint density at radius 1 is 0.731 bits per heavy atom. The number of aryl methyl sites for hydroxylation is 2. The molecule has 1 radical (unpaired) electrons. The first kappa shape index (κ1) is 40.7. The quantitative estimate of drug-likeness (QED) is 0.0753. The molecule has 6 aromatic rings. The third kappa shape index (κ3) is 8.40. The molecule has 0 aliphatic rings. The second-order valence-electron chi connectivity index (χ2n) is 16.3. The van der Waals surface area contributed by atoms with Gasteiger partial charge in [0.2, 0.25) is 0 Å². The van der Waals surface area contributed by atoms with E-state index in [9.17, 15) is 9.90 Å². The molecule has 1 N–H and O–H groups in total. The molecular formula is C48H54IrNO2-. The van der Waals surface area contributed by atoms with Gasteiger partial charge in [0.25, 0.3) is 0 Å². The number of hydrogen-bond donors (Lipinski definition) is 1. The molecule has 273 valence electrons. The van der Waals surface area contributed by atoms with Gasteiger partial charge in [-0.2, -0.15) is 0 Å². The molecule has 0 saturated carbocycles. The Bertz CT molecular complexity index is 2230. The van der Waals surface area contributed by atoms with Gasteiger partial charge in [0.1, 0.15) is 5.76 Å². The summed E-state index contributed by atoms with van der Waals surface area (Å²) >= 11 is 0. The van der Waals surface area contributed by atoms with E-state index in [4.69, 9.17) is 4.98 Å². The summed E-state index contributed by atoms with van der Waals surface area (Å²) in [4.78, 5) is 16.8. The first-order chi connectivity index (χ1) is 24.0. The maximum atomic E-state index is 11.8. The Morgan fingerprint density at radius 3 is 2.00 bits per heavy atom. The van der Waals surface area contributed by atoms with Crippen LogP contribution in [0.3, 0.4) is 0 Å². The van der Waals surface area contributed by atoms with Crippen LogP contribution < -0.4 is 0 Å². The number of ketones is 1. The summed E-state index contributed by atoms with van der Waals surface area (Å²) in [6.45, 7) is 22.8. The molecule has 0 unspecified atom stereocenters. The van der Waals surface area contributed by atoms with Gasteiger partial charge in [-0.05, 0) is 79.0 Å². The Balaban J connectivity index is 0.000000323. The van der Waals surface area contributed by atoms with Crippen molar-refractivity contribution in [3.8, 4) is 22.4 Å². The van der Waals surface area contributed by atoms with Crippen LogP contribution in [-0.2, 0) is 30.3 Å². The standard InChI is InChI=1S/C35H30N.C13H24O2.Ir/c1-22-18-23(2)20-25(19-22)34-33-29(16-17-36-34)31-21-26(35(3,4)5)14-15-28(31)32-27(12-9-13-30(32)33)24-10-7-6-8-11-24;1-7-12(3,4)10(14)9-11(15)13(5,6)8-2;/h6-19,21H,1-5H3;9,14H,7-8H2,1-6H3;/q-1;;. The molecule has 0 aliphatic carbocycles. The number of rotatable bonds is 7. The second kappa shape index (κ2) is 15.9. The van der Waals surface area contributed by atoms with E-state index in [-0.39, 0.29) is 47.9 Å². The molecular weight excluding hydrogens is 815 g/mol. The number of aromatic nitrogens is 1. The Labute approximate surface area is 324 Å². The van der Waals surface area contributed by atoms with Crippen LogP contribution in [0.5, 0.6) is 0 Å². The maximum absolute atomic E-state index is 11.8. The fraction of sp³-hybridized carbons (Fsp3) is 0.333. The number of hydrogen-bond acceptors (Lipinski definition) is 3. The van der Waals surface area contributed by atoms with Crippen LogP contribution in [0.4, 0.5) is 0 Å². The molecule has 0 aliphatic heterocycles. The molecule has 52 heavy (non-hydrogen) atoms. The maximum Gasteiger partial charge on any atom is 0.164 e. The number of carbonyl (C=O) groups excluding carboxylic acids is 1. The fourth-order valence-electron chi connectivity index (χ4n) is 6.42. The average molecular weight is 869 g/mol. The average Bonchev–Trinajstić information content (AvgIpc) is 3.10. The molecule has 3 nitrogen and oxygen atoms in total. The molecule has 0 saturated heterocycles. The number of aliphatic hydroxyl groups is 1. The van der Waals surface area contributed by atoms with Crippen molar-refractivity contribution >= 4 is 38.1 Å². The van der Waals surface area contributed by atoms with Gasteiger partial charge >= 0.3 is 0 Å². The van der Waals surface area contributed by atoms with Gasteiger partial charge in [0.15, 0.2) is 5.78 Å². The summed E-state index contributed by atoms with van der Waals surface area (Å²) in [6, 6.07) is 34.6. The first-order valence-electron chi connectivity index (χ1n) is 18.3. The van der Waals surface area contributed by atoms with Crippen molar-refractivity contribution in [2.45, 2.75) is 94.4 Å². The minimum Gasteiger partial charge on any atom is -0.512 e. The van der Waals surface area contributed by atoms with Crippen molar-refractivity contribution in [2.24, 2.45) is 10.8 Å². The molecule has 5 aromatic carbocycles. The van der Waals surface area contributed by atoms with E-state index in [2.05, 4.69) is 126 Å². The Morgan fingerprint density at radius 2 is 1.38 bits per heavy atom. The number of allylic oxidation sites excluding steroid dienone is 2. The van der Waals surface area contributed by atoms with Crippen molar-refractivity contribution in [1.82, 2.24) is 4.98 Å². The smallest absolute Gasteiger partial charge is 0.164 e. The van der Waals surface area contributed by atoms with E-state index < -0.39 is 0 Å². The summed E-state index contributed by atoms with van der Waals surface area (Å²) in [5.41, 5.74) is 7.61. The molecule has 4 heteroatoms. The normalized spacial score (nSPS) is 12.4. The Kier molecular flexibility index (Phi) is 12.4. The zero-order chi connectivity index (χ0) is 37.3. The topological polar surface area (TPSA) is 50.2 Å². The molecule has 0 spiro atoms. The minimum atomic E-state index is -0.377. The van der Waals surface area contributed by atoms with Crippen LogP contribution in [0.2, 0.25) is 0 Å². The number of carbonyl (C=O) groups is 1. The van der Waals surface area contributed by atoms with Crippen molar-refractivity contribution in [1.29, 1.82) is 0 Å². The van der Waals surface area contributed by atoms with E-state index in [1.54, 1.807) is 0 Å². The van der Waals surface area contributed by atoms with E-state index in [1.165, 1.54) is 60.6 Å². The van der Waals surface area contributed by atoms with Crippen molar-refractivity contribution in [3.05, 3.63) is 126 Å². The summed E-state index contributed by atoms with van der Waals surface area (Å²) in [5, 5.41) is 17.4. The second-order valence-corrected chi connectivity index (χ2v) is 16.3. The number of fused-ring (bicyclic) bond motifs is 6. The summed E-state index contributed by atoms with van der Waals surface area (Å²) in [5.74, 6) is 0.195. The van der Waals surface area contributed by atoms with Gasteiger partial charge in [-0.25, -0.2) is 0 Å². The van der Waals surface area contributed by atoms with Crippen molar-refractivity contribution in [3.63, 3.8) is 0 Å². The fourth-order valence-corrected chi connectivity index (χ4v) is 6.42. The van der Waals surface area contributed by atoms with Gasteiger partial charge in [0.05, 0.1) is 0 Å². The third-order valence-corrected chi connectivity index (χ3v) is 10.6. The van der Waals surface area contributed by atoms with Gasteiger partial charge in [0, 0.05) is 43.2 Å². The van der Waals surface area contributed by atoms with Gasteiger partial charge in [-0.3, -0.25) is 4.79 Å². The molecule has 0 amide bonds. The van der Waals surface area contributed by atoms with Crippen LogP contribution in [-0.4, -0.2) is 15.9 Å². The number of benzene rings is 5. The zero-order valence-corrected chi connectivity index (χ0v) is 35.2. The Hall–Kier alpha value is -4.11. The van der Waals surface area contributed by atoms with Crippen molar-refractivity contribution in [2.75, 3.05) is 0 Å². The largest absolute Gasteiger partial charge is 0.512 e. The van der Waals surface area contributed by atoms with E-state index in [0.717, 1.165) is 29.7 Å². The molecule has 6 rings (SSSR count). The summed E-state index contributed by atoms with van der Waals surface area (Å²) in [6.07, 6.45) is 4.95. The minimum absolute atomic E-state index is 0. The van der Waals surface area contributed by atoms with Gasteiger partial charge < -0.3 is 10.1 Å². The van der Waals surface area contributed by atoms with Crippen LogP contribution in [0.25, 0.3) is 54.7 Å². The monoisotopic (exact) mass is 869 g/mol. The molecule has 0 bridgehead atoms. The van der Waals surface area contributed by atoms with Crippen LogP contribution in [0, 0.1) is 30.7 Å². The SMILES string of the molecule is CCC(C)(C)C(=O)C=C(O)C(C)(C)CC.Cc1[c-]c(-c2nccc3c4cc(C(C)(C)C)ccc4c4c(-c5ccccc5)cccc4c23)cc(C)c1.[Ir]. The van der Waals surface area contributed by atoms with Gasteiger partial charge in [-0.15, -0.1) is 34.9 Å². The molecule has 1 aromatic heterocycles. The van der Waals surface area contributed by atoms with Crippen LogP contribution in [0.15, 0.2) is 103 Å². The molecule has 0 atom stereocenters. The summed E-state index contributed by atoms with van der Waals surface area (Å²) in [7, 11) is 0. The third-order valence-electron chi connectivity index (χ3n) is 10.6. The summed E-state index contributed by atoms with van der Waals surface area (Å²) < 4.78 is 0. The number of nitrogens with zero attached hydrogens (tertiary/aromatic N) is 1. The van der Waals surface area contributed by atoms with Crippen LogP contribution in [0.1, 0.15) is 91.8 Å². The first-order valence-corrected chi connectivity index (χ1v) is 18.3. The molecule has 0 fully saturated rings. The molecule has 1 heterocycles. The van der Waals surface area contributed by atoms with Gasteiger partial charge in [-0.1, -0.05) is 143 Å². The number of pyridine rings is 1. The van der Waals surface area contributed by atoms with E-state index in [1.807, 2.05) is 47.7 Å².